The average Bonchev–Trinajstić information content (AvgIpc) is 2.61. The third-order valence-corrected chi connectivity index (χ3v) is 5.17. The van der Waals surface area contributed by atoms with Crippen molar-refractivity contribution in [3.63, 3.8) is 0 Å². The Bertz CT molecular complexity index is 888. The predicted octanol–water partition coefficient (Wildman–Crippen LogP) is 1.98. The lowest BCUT2D eigenvalue weighted by Gasteiger charge is -2.10. The summed E-state index contributed by atoms with van der Waals surface area (Å²) in [5.41, 5.74) is 7.90. The highest BCUT2D eigenvalue weighted by Crippen LogP contribution is 2.17. The summed E-state index contributed by atoms with van der Waals surface area (Å²) in [6, 6.07) is 11.6. The number of hydrogen-bond donors (Lipinski definition) is 3. The molecule has 0 heterocycles. The van der Waals surface area contributed by atoms with Gasteiger partial charge in [0.25, 0.3) is 5.91 Å². The number of anilines is 1. The first-order chi connectivity index (χ1) is 12.3. The van der Waals surface area contributed by atoms with Gasteiger partial charge in [0.15, 0.2) is 6.61 Å². The van der Waals surface area contributed by atoms with Crippen molar-refractivity contribution in [1.82, 2.24) is 4.72 Å². The smallest absolute Gasteiger partial charge is 0.262 e. The number of carbonyl (C=O) groups excluding carboxylic acids is 1. The molecule has 0 aliphatic heterocycles. The van der Waals surface area contributed by atoms with E-state index in [-0.39, 0.29) is 42.9 Å². The van der Waals surface area contributed by atoms with E-state index in [4.69, 9.17) is 10.5 Å². The number of halogens is 1. The van der Waals surface area contributed by atoms with Crippen LogP contribution < -0.4 is 20.5 Å². The minimum Gasteiger partial charge on any atom is -0.484 e. The van der Waals surface area contributed by atoms with Gasteiger partial charge in [-0.05, 0) is 55.3 Å². The first-order valence-electron chi connectivity index (χ1n) is 8.11. The molecule has 9 heteroatoms. The van der Waals surface area contributed by atoms with Gasteiger partial charge in [-0.25, -0.2) is 13.1 Å². The molecule has 0 saturated carbocycles. The lowest BCUT2D eigenvalue weighted by Crippen LogP contribution is -2.29. The van der Waals surface area contributed by atoms with E-state index < -0.39 is 10.0 Å². The second-order valence-corrected chi connectivity index (χ2v) is 7.56. The van der Waals surface area contributed by atoms with E-state index >= 15 is 0 Å². The van der Waals surface area contributed by atoms with Crippen LogP contribution in [0.3, 0.4) is 0 Å². The zero-order valence-electron chi connectivity index (χ0n) is 15.2. The van der Waals surface area contributed by atoms with E-state index in [9.17, 15) is 13.2 Å². The van der Waals surface area contributed by atoms with Gasteiger partial charge >= 0.3 is 0 Å². The van der Waals surface area contributed by atoms with Gasteiger partial charge in [-0.2, -0.15) is 0 Å². The third-order valence-electron chi connectivity index (χ3n) is 3.71. The largest absolute Gasteiger partial charge is 0.484 e. The highest BCUT2D eigenvalue weighted by Gasteiger charge is 2.14. The van der Waals surface area contributed by atoms with E-state index in [1.807, 2.05) is 26.0 Å². The fourth-order valence-corrected chi connectivity index (χ4v) is 3.26. The van der Waals surface area contributed by atoms with E-state index in [1.54, 1.807) is 18.2 Å². The minimum atomic E-state index is -3.66. The Morgan fingerprint density at radius 2 is 1.85 bits per heavy atom. The second-order valence-electron chi connectivity index (χ2n) is 5.80. The first-order valence-corrected chi connectivity index (χ1v) is 9.60. The third kappa shape index (κ3) is 6.84. The van der Waals surface area contributed by atoms with E-state index in [2.05, 4.69) is 10.0 Å². The van der Waals surface area contributed by atoms with Crippen molar-refractivity contribution in [3.05, 3.63) is 53.6 Å². The zero-order chi connectivity index (χ0) is 19.2. The molecular formula is C18H24ClN3O4S. The Morgan fingerprint density at radius 1 is 1.11 bits per heavy atom. The number of hydrogen-bond acceptors (Lipinski definition) is 5. The molecule has 0 aliphatic carbocycles. The maximum atomic E-state index is 12.1. The van der Waals surface area contributed by atoms with Crippen LogP contribution in [-0.2, 0) is 14.8 Å². The quantitative estimate of drug-likeness (QED) is 0.612. The zero-order valence-corrected chi connectivity index (χ0v) is 16.8. The number of ether oxygens (including phenoxy) is 1. The molecule has 148 valence electrons. The second kappa shape index (κ2) is 10.3. The molecule has 0 aliphatic rings. The van der Waals surface area contributed by atoms with Gasteiger partial charge in [-0.1, -0.05) is 12.1 Å². The Labute approximate surface area is 165 Å². The lowest BCUT2D eigenvalue weighted by atomic mass is 10.1. The monoisotopic (exact) mass is 413 g/mol. The highest BCUT2D eigenvalue weighted by molar-refractivity contribution is 7.89. The van der Waals surface area contributed by atoms with Crippen molar-refractivity contribution in [3.8, 4) is 5.75 Å². The van der Waals surface area contributed by atoms with Crippen molar-refractivity contribution < 1.29 is 17.9 Å². The van der Waals surface area contributed by atoms with E-state index in [1.165, 1.54) is 12.1 Å². The molecule has 0 spiro atoms. The van der Waals surface area contributed by atoms with Crippen molar-refractivity contribution in [1.29, 1.82) is 0 Å². The molecule has 2 aromatic carbocycles. The summed E-state index contributed by atoms with van der Waals surface area (Å²) in [7, 11) is -3.66. The van der Waals surface area contributed by atoms with Crippen molar-refractivity contribution in [2.45, 2.75) is 18.7 Å². The van der Waals surface area contributed by atoms with Crippen LogP contribution in [0.4, 0.5) is 5.69 Å². The molecule has 0 unspecified atom stereocenters. The number of amides is 1. The van der Waals surface area contributed by atoms with Gasteiger partial charge in [-0.3, -0.25) is 4.79 Å². The fraction of sp³-hybridized carbons (Fsp3) is 0.278. The number of nitrogens with two attached hydrogens (primary N) is 1. The van der Waals surface area contributed by atoms with Crippen LogP contribution in [0.15, 0.2) is 47.4 Å². The van der Waals surface area contributed by atoms with Gasteiger partial charge in [-0.15, -0.1) is 12.4 Å². The fourth-order valence-electron chi connectivity index (χ4n) is 2.17. The average molecular weight is 414 g/mol. The summed E-state index contributed by atoms with van der Waals surface area (Å²) in [6.45, 7) is 4.13. The molecule has 27 heavy (non-hydrogen) atoms. The SMILES string of the molecule is Cc1ccc(OCC(=O)Nc2cccc(S(=O)(=O)NCCN)c2)cc1C.Cl. The number of benzene rings is 2. The van der Waals surface area contributed by atoms with Gasteiger partial charge in [0.1, 0.15) is 5.75 Å². The van der Waals surface area contributed by atoms with Crippen LogP contribution in [0.2, 0.25) is 0 Å². The lowest BCUT2D eigenvalue weighted by molar-refractivity contribution is -0.118. The molecule has 7 nitrogen and oxygen atoms in total. The van der Waals surface area contributed by atoms with Crippen LogP contribution in [-0.4, -0.2) is 34.0 Å². The predicted molar refractivity (Wildman–Crippen MR) is 108 cm³/mol. The number of carbonyl (C=O) groups is 1. The Morgan fingerprint density at radius 3 is 2.52 bits per heavy atom. The molecule has 0 saturated heterocycles. The van der Waals surface area contributed by atoms with Gasteiger partial charge in [0, 0.05) is 18.8 Å². The summed E-state index contributed by atoms with van der Waals surface area (Å²) in [4.78, 5) is 12.1. The maximum absolute atomic E-state index is 12.1. The molecule has 0 radical (unpaired) electrons. The Hall–Kier alpha value is -2.13. The molecule has 2 rings (SSSR count). The molecular weight excluding hydrogens is 390 g/mol. The number of nitrogens with one attached hydrogen (secondary N) is 2. The van der Waals surface area contributed by atoms with Gasteiger partial charge < -0.3 is 15.8 Å². The summed E-state index contributed by atoms with van der Waals surface area (Å²) < 4.78 is 32.0. The molecule has 0 atom stereocenters. The summed E-state index contributed by atoms with van der Waals surface area (Å²) in [5, 5.41) is 2.63. The molecule has 2 aromatic rings. The summed E-state index contributed by atoms with van der Waals surface area (Å²) in [5.74, 6) is 0.221. The van der Waals surface area contributed by atoms with Crippen LogP contribution >= 0.6 is 12.4 Å². The molecule has 0 aromatic heterocycles. The molecule has 0 bridgehead atoms. The van der Waals surface area contributed by atoms with E-state index in [0.29, 0.717) is 11.4 Å². The highest BCUT2D eigenvalue weighted by atomic mass is 35.5. The molecule has 0 fully saturated rings. The number of aryl methyl sites for hydroxylation is 2. The summed E-state index contributed by atoms with van der Waals surface area (Å²) in [6.07, 6.45) is 0. The minimum absolute atomic E-state index is 0. The van der Waals surface area contributed by atoms with Crippen molar-refractivity contribution in [2.24, 2.45) is 5.73 Å². The first kappa shape index (κ1) is 22.9. The number of sulfonamides is 1. The van der Waals surface area contributed by atoms with Crippen LogP contribution in [0.25, 0.3) is 0 Å². The standard InChI is InChI=1S/C18H23N3O4S.ClH/c1-13-6-7-16(10-14(13)2)25-12-18(22)21-15-4-3-5-17(11-15)26(23,24)20-9-8-19;/h3-7,10-11,20H,8-9,12,19H2,1-2H3,(H,21,22);1H. The Kier molecular flexibility index (Phi) is 8.71. The Balaban J connectivity index is 0.00000364. The van der Waals surface area contributed by atoms with Crippen molar-refractivity contribution in [2.75, 3.05) is 25.0 Å². The van der Waals surface area contributed by atoms with Gasteiger partial charge in [0.05, 0.1) is 4.90 Å². The maximum Gasteiger partial charge on any atom is 0.262 e. The van der Waals surface area contributed by atoms with Crippen LogP contribution in [0.1, 0.15) is 11.1 Å². The van der Waals surface area contributed by atoms with Crippen molar-refractivity contribution >= 4 is 34.0 Å². The van der Waals surface area contributed by atoms with Gasteiger partial charge in [0.2, 0.25) is 10.0 Å². The number of rotatable bonds is 8. The van der Waals surface area contributed by atoms with Crippen LogP contribution in [0, 0.1) is 13.8 Å². The summed E-state index contributed by atoms with van der Waals surface area (Å²) >= 11 is 0. The normalized spacial score (nSPS) is 10.8. The topological polar surface area (TPSA) is 111 Å². The van der Waals surface area contributed by atoms with E-state index in [0.717, 1.165) is 11.1 Å². The van der Waals surface area contributed by atoms with Crippen LogP contribution in [0.5, 0.6) is 5.75 Å². The molecule has 4 N–H and O–H groups in total. The molecule has 1 amide bonds.